The van der Waals surface area contributed by atoms with Gasteiger partial charge in [-0.2, -0.15) is 0 Å². The summed E-state index contributed by atoms with van der Waals surface area (Å²) in [6, 6.07) is 2.13. The first-order chi connectivity index (χ1) is 9.29. The highest BCUT2D eigenvalue weighted by Crippen LogP contribution is 2.16. The Balaban J connectivity index is 1.86. The lowest BCUT2D eigenvalue weighted by atomic mass is 10.1. The van der Waals surface area contributed by atoms with Crippen LogP contribution in [0.5, 0.6) is 6.01 Å². The molecule has 0 N–H and O–H groups in total. The third kappa shape index (κ3) is 4.05. The molecular formula is C14H19N3O2. The van der Waals surface area contributed by atoms with Crippen molar-refractivity contribution in [3.8, 4) is 6.01 Å². The number of amides is 1. The first kappa shape index (κ1) is 13.5. The maximum atomic E-state index is 11.9. The second kappa shape index (κ2) is 6.87. The summed E-state index contributed by atoms with van der Waals surface area (Å²) < 4.78 is 5.70. The van der Waals surface area contributed by atoms with E-state index >= 15 is 0 Å². The van der Waals surface area contributed by atoms with Crippen molar-refractivity contribution in [2.75, 3.05) is 13.1 Å². The SMILES string of the molecule is C=CCCC(=O)N1CCCC(Oc2ncccn2)C1. The Morgan fingerprint density at radius 1 is 1.53 bits per heavy atom. The molecule has 0 aromatic carbocycles. The van der Waals surface area contributed by atoms with Crippen LogP contribution in [0.3, 0.4) is 0 Å². The number of rotatable bonds is 5. The van der Waals surface area contributed by atoms with Crippen molar-refractivity contribution in [3.05, 3.63) is 31.1 Å². The summed E-state index contributed by atoms with van der Waals surface area (Å²) in [7, 11) is 0. The molecule has 2 heterocycles. The predicted octanol–water partition coefficient (Wildman–Crippen LogP) is 1.81. The van der Waals surface area contributed by atoms with Gasteiger partial charge < -0.3 is 9.64 Å². The summed E-state index contributed by atoms with van der Waals surface area (Å²) in [6.45, 7) is 5.07. The van der Waals surface area contributed by atoms with Crippen molar-refractivity contribution < 1.29 is 9.53 Å². The summed E-state index contributed by atoms with van der Waals surface area (Å²) in [4.78, 5) is 21.9. The van der Waals surface area contributed by atoms with E-state index in [4.69, 9.17) is 4.74 Å². The van der Waals surface area contributed by atoms with Gasteiger partial charge in [-0.15, -0.1) is 6.58 Å². The molecule has 1 fully saturated rings. The summed E-state index contributed by atoms with van der Waals surface area (Å²) in [5.74, 6) is 0.169. The molecule has 1 amide bonds. The van der Waals surface area contributed by atoms with Crippen molar-refractivity contribution in [1.29, 1.82) is 0 Å². The van der Waals surface area contributed by atoms with Gasteiger partial charge in [0.25, 0.3) is 0 Å². The van der Waals surface area contributed by atoms with Crippen LogP contribution >= 0.6 is 0 Å². The van der Waals surface area contributed by atoms with E-state index in [0.29, 0.717) is 19.0 Å². The number of hydrogen-bond acceptors (Lipinski definition) is 4. The van der Waals surface area contributed by atoms with E-state index in [2.05, 4.69) is 16.5 Å². The lowest BCUT2D eigenvalue weighted by molar-refractivity contribution is -0.133. The zero-order valence-corrected chi connectivity index (χ0v) is 11.0. The zero-order valence-electron chi connectivity index (χ0n) is 11.0. The summed E-state index contributed by atoms with van der Waals surface area (Å²) in [6.07, 6.45) is 8.20. The van der Waals surface area contributed by atoms with Gasteiger partial charge in [0, 0.05) is 25.4 Å². The number of ether oxygens (including phenoxy) is 1. The fourth-order valence-electron chi connectivity index (χ4n) is 2.14. The van der Waals surface area contributed by atoms with Crippen molar-refractivity contribution in [3.63, 3.8) is 0 Å². The minimum absolute atomic E-state index is 0.0103. The van der Waals surface area contributed by atoms with Crippen molar-refractivity contribution in [1.82, 2.24) is 14.9 Å². The van der Waals surface area contributed by atoms with Crippen LogP contribution < -0.4 is 4.74 Å². The lowest BCUT2D eigenvalue weighted by Crippen LogP contribution is -2.44. The van der Waals surface area contributed by atoms with Gasteiger partial charge >= 0.3 is 6.01 Å². The highest BCUT2D eigenvalue weighted by atomic mass is 16.5. The monoisotopic (exact) mass is 261 g/mol. The standard InChI is InChI=1S/C14H19N3O2/c1-2-3-7-13(18)17-10-4-6-12(11-17)19-14-15-8-5-9-16-14/h2,5,8-9,12H,1,3-4,6-7,10-11H2. The molecule has 5 heteroatoms. The maximum absolute atomic E-state index is 11.9. The van der Waals surface area contributed by atoms with Crippen molar-refractivity contribution >= 4 is 5.91 Å². The Morgan fingerprint density at radius 3 is 3.05 bits per heavy atom. The van der Waals surface area contributed by atoms with Crippen LogP contribution in [0, 0.1) is 0 Å². The molecule has 0 saturated carbocycles. The van der Waals surface area contributed by atoms with E-state index in [1.807, 2.05) is 4.90 Å². The Morgan fingerprint density at radius 2 is 2.32 bits per heavy atom. The zero-order chi connectivity index (χ0) is 13.5. The van der Waals surface area contributed by atoms with Crippen LogP contribution in [0.4, 0.5) is 0 Å². The normalized spacial score (nSPS) is 18.9. The van der Waals surface area contributed by atoms with Gasteiger partial charge in [0.05, 0.1) is 6.54 Å². The Labute approximate surface area is 113 Å². The van der Waals surface area contributed by atoms with E-state index in [9.17, 15) is 4.79 Å². The molecule has 1 aliphatic heterocycles. The fourth-order valence-corrected chi connectivity index (χ4v) is 2.14. The number of allylic oxidation sites excluding steroid dienone is 1. The molecule has 1 atom stereocenters. The number of nitrogens with zero attached hydrogens (tertiary/aromatic N) is 3. The molecular weight excluding hydrogens is 242 g/mol. The van der Waals surface area contributed by atoms with Gasteiger partial charge in [-0.05, 0) is 25.3 Å². The molecule has 0 bridgehead atoms. The largest absolute Gasteiger partial charge is 0.458 e. The van der Waals surface area contributed by atoms with Crippen LogP contribution in [0.2, 0.25) is 0 Å². The highest BCUT2D eigenvalue weighted by Gasteiger charge is 2.24. The third-order valence-electron chi connectivity index (χ3n) is 3.11. The molecule has 102 valence electrons. The van der Waals surface area contributed by atoms with Crippen LogP contribution in [-0.2, 0) is 4.79 Å². The number of carbonyl (C=O) groups is 1. The summed E-state index contributed by atoms with van der Waals surface area (Å²) in [5, 5.41) is 0. The molecule has 5 nitrogen and oxygen atoms in total. The minimum Gasteiger partial charge on any atom is -0.458 e. The summed E-state index contributed by atoms with van der Waals surface area (Å²) >= 11 is 0. The fraction of sp³-hybridized carbons (Fsp3) is 0.500. The predicted molar refractivity (Wildman–Crippen MR) is 71.7 cm³/mol. The van der Waals surface area contributed by atoms with Gasteiger partial charge in [0.1, 0.15) is 6.10 Å². The lowest BCUT2D eigenvalue weighted by Gasteiger charge is -2.32. The average molecular weight is 261 g/mol. The highest BCUT2D eigenvalue weighted by molar-refractivity contribution is 5.76. The molecule has 1 aromatic heterocycles. The Kier molecular flexibility index (Phi) is 4.89. The van der Waals surface area contributed by atoms with Crippen LogP contribution in [0.15, 0.2) is 31.1 Å². The third-order valence-corrected chi connectivity index (χ3v) is 3.11. The van der Waals surface area contributed by atoms with Crippen molar-refractivity contribution in [2.45, 2.75) is 31.8 Å². The topological polar surface area (TPSA) is 55.3 Å². The second-order valence-corrected chi connectivity index (χ2v) is 4.58. The Bertz CT molecular complexity index is 422. The molecule has 1 aromatic rings. The smallest absolute Gasteiger partial charge is 0.316 e. The van der Waals surface area contributed by atoms with Gasteiger partial charge in [0.2, 0.25) is 5.91 Å². The number of carbonyl (C=O) groups excluding carboxylic acids is 1. The van der Waals surface area contributed by atoms with Gasteiger partial charge in [-0.1, -0.05) is 6.08 Å². The molecule has 2 rings (SSSR count). The van der Waals surface area contributed by atoms with E-state index in [1.165, 1.54) is 0 Å². The van der Waals surface area contributed by atoms with E-state index in [0.717, 1.165) is 25.8 Å². The molecule has 1 saturated heterocycles. The quantitative estimate of drug-likeness (QED) is 0.759. The van der Waals surface area contributed by atoms with E-state index in [1.54, 1.807) is 24.5 Å². The molecule has 0 radical (unpaired) electrons. The number of piperidine rings is 1. The number of aromatic nitrogens is 2. The molecule has 19 heavy (non-hydrogen) atoms. The van der Waals surface area contributed by atoms with Gasteiger partial charge in [-0.25, -0.2) is 9.97 Å². The minimum atomic E-state index is -0.0103. The van der Waals surface area contributed by atoms with Gasteiger partial charge in [0.15, 0.2) is 0 Å². The van der Waals surface area contributed by atoms with Crippen LogP contribution in [-0.4, -0.2) is 40.0 Å². The number of likely N-dealkylation sites (tertiary alicyclic amines) is 1. The first-order valence-electron chi connectivity index (χ1n) is 6.62. The second-order valence-electron chi connectivity index (χ2n) is 4.58. The van der Waals surface area contributed by atoms with E-state index in [-0.39, 0.29) is 12.0 Å². The molecule has 0 spiro atoms. The van der Waals surface area contributed by atoms with Gasteiger partial charge in [-0.3, -0.25) is 4.79 Å². The van der Waals surface area contributed by atoms with Crippen LogP contribution in [0.25, 0.3) is 0 Å². The van der Waals surface area contributed by atoms with Crippen LogP contribution in [0.1, 0.15) is 25.7 Å². The summed E-state index contributed by atoms with van der Waals surface area (Å²) in [5.41, 5.74) is 0. The Hall–Kier alpha value is -1.91. The first-order valence-corrected chi connectivity index (χ1v) is 6.62. The molecule has 0 aliphatic carbocycles. The average Bonchev–Trinajstić information content (AvgIpc) is 2.46. The molecule has 1 unspecified atom stereocenters. The van der Waals surface area contributed by atoms with E-state index < -0.39 is 0 Å². The molecule has 1 aliphatic rings. The number of hydrogen-bond donors (Lipinski definition) is 0. The maximum Gasteiger partial charge on any atom is 0.316 e. The van der Waals surface area contributed by atoms with Crippen molar-refractivity contribution in [2.24, 2.45) is 0 Å².